The molecule has 2 rings (SSSR count). The number of benzene rings is 2. The lowest BCUT2D eigenvalue weighted by molar-refractivity contribution is 0.102. The third kappa shape index (κ3) is 3.54. The van der Waals surface area contributed by atoms with Crippen molar-refractivity contribution in [2.45, 2.75) is 13.8 Å². The van der Waals surface area contributed by atoms with Crippen molar-refractivity contribution in [1.82, 2.24) is 0 Å². The van der Waals surface area contributed by atoms with Gasteiger partial charge in [-0.05, 0) is 87.8 Å². The molecular formula is C15H12BrClINO. The summed E-state index contributed by atoms with van der Waals surface area (Å²) in [5, 5.41) is 3.49. The molecule has 0 saturated carbocycles. The van der Waals surface area contributed by atoms with Crippen LogP contribution in [0.5, 0.6) is 0 Å². The molecular weight excluding hydrogens is 452 g/mol. The molecule has 1 N–H and O–H groups in total. The molecule has 0 heterocycles. The molecule has 2 nitrogen and oxygen atoms in total. The van der Waals surface area contributed by atoms with Gasteiger partial charge in [0.15, 0.2) is 0 Å². The third-order valence-corrected chi connectivity index (χ3v) is 4.64. The second kappa shape index (κ2) is 6.45. The minimum Gasteiger partial charge on any atom is -0.321 e. The number of amides is 1. The van der Waals surface area contributed by atoms with E-state index in [1.165, 1.54) is 0 Å². The Kier molecular flexibility index (Phi) is 5.09. The monoisotopic (exact) mass is 463 g/mol. The first-order valence-corrected chi connectivity index (χ1v) is 8.16. The Bertz CT molecular complexity index is 665. The molecule has 0 bridgehead atoms. The molecule has 104 valence electrons. The van der Waals surface area contributed by atoms with Gasteiger partial charge in [-0.2, -0.15) is 0 Å². The van der Waals surface area contributed by atoms with Crippen LogP contribution in [0.3, 0.4) is 0 Å². The van der Waals surface area contributed by atoms with Gasteiger partial charge in [-0.3, -0.25) is 4.79 Å². The van der Waals surface area contributed by atoms with Gasteiger partial charge >= 0.3 is 0 Å². The van der Waals surface area contributed by atoms with Gasteiger partial charge in [-0.15, -0.1) is 0 Å². The summed E-state index contributed by atoms with van der Waals surface area (Å²) in [6.07, 6.45) is 0. The SMILES string of the molecule is Cc1cc(C)c(NC(=O)c2cc(Cl)ccc2I)c(Br)c1. The molecule has 0 saturated heterocycles. The van der Waals surface area contributed by atoms with Crippen LogP contribution >= 0.6 is 50.1 Å². The van der Waals surface area contributed by atoms with Gasteiger partial charge in [-0.25, -0.2) is 0 Å². The van der Waals surface area contributed by atoms with Crippen LogP contribution in [-0.2, 0) is 0 Å². The number of hydrogen-bond donors (Lipinski definition) is 1. The lowest BCUT2D eigenvalue weighted by Gasteiger charge is -2.12. The largest absolute Gasteiger partial charge is 0.321 e. The van der Waals surface area contributed by atoms with Gasteiger partial charge in [0.2, 0.25) is 0 Å². The van der Waals surface area contributed by atoms with Crippen LogP contribution in [0.2, 0.25) is 5.02 Å². The zero-order valence-electron chi connectivity index (χ0n) is 10.9. The fourth-order valence-corrected chi connectivity index (χ4v) is 3.45. The summed E-state index contributed by atoms with van der Waals surface area (Å²) in [5.41, 5.74) is 3.52. The van der Waals surface area contributed by atoms with E-state index in [9.17, 15) is 4.79 Å². The van der Waals surface area contributed by atoms with E-state index >= 15 is 0 Å². The zero-order chi connectivity index (χ0) is 14.9. The number of halogens is 3. The summed E-state index contributed by atoms with van der Waals surface area (Å²) in [6.45, 7) is 3.99. The molecule has 0 unspecified atom stereocenters. The fourth-order valence-electron chi connectivity index (χ4n) is 1.93. The predicted molar refractivity (Wildman–Crippen MR) is 95.7 cm³/mol. The van der Waals surface area contributed by atoms with Crippen LogP contribution in [0, 0.1) is 17.4 Å². The van der Waals surface area contributed by atoms with E-state index in [2.05, 4.69) is 43.8 Å². The smallest absolute Gasteiger partial charge is 0.256 e. The van der Waals surface area contributed by atoms with E-state index in [0.29, 0.717) is 10.6 Å². The van der Waals surface area contributed by atoms with Crippen LogP contribution in [0.15, 0.2) is 34.8 Å². The summed E-state index contributed by atoms with van der Waals surface area (Å²) in [6, 6.07) is 9.28. The summed E-state index contributed by atoms with van der Waals surface area (Å²) >= 11 is 11.6. The normalized spacial score (nSPS) is 10.4. The van der Waals surface area contributed by atoms with Gasteiger partial charge in [-0.1, -0.05) is 17.7 Å². The molecule has 0 aliphatic rings. The molecule has 20 heavy (non-hydrogen) atoms. The first kappa shape index (κ1) is 15.8. The van der Waals surface area contributed by atoms with E-state index in [4.69, 9.17) is 11.6 Å². The molecule has 0 spiro atoms. The van der Waals surface area contributed by atoms with Gasteiger partial charge in [0, 0.05) is 13.1 Å². The highest BCUT2D eigenvalue weighted by molar-refractivity contribution is 14.1. The number of rotatable bonds is 2. The average Bonchev–Trinajstić information content (AvgIpc) is 2.36. The van der Waals surface area contributed by atoms with E-state index in [1.54, 1.807) is 12.1 Å². The van der Waals surface area contributed by atoms with Crippen molar-refractivity contribution in [2.24, 2.45) is 0 Å². The highest BCUT2D eigenvalue weighted by Crippen LogP contribution is 2.29. The molecule has 0 aliphatic carbocycles. The Morgan fingerprint density at radius 3 is 2.60 bits per heavy atom. The Balaban J connectivity index is 2.35. The number of carbonyl (C=O) groups excluding carboxylic acids is 1. The van der Waals surface area contributed by atoms with Gasteiger partial charge < -0.3 is 5.32 Å². The highest BCUT2D eigenvalue weighted by Gasteiger charge is 2.14. The standard InChI is InChI=1S/C15H12BrClINO/c1-8-5-9(2)14(12(16)6-8)19-15(20)11-7-10(17)3-4-13(11)18/h3-7H,1-2H3,(H,19,20). The lowest BCUT2D eigenvalue weighted by atomic mass is 10.1. The van der Waals surface area contributed by atoms with Gasteiger partial charge in [0.1, 0.15) is 0 Å². The first-order valence-electron chi connectivity index (χ1n) is 5.91. The second-order valence-electron chi connectivity index (χ2n) is 4.52. The predicted octanol–water partition coefficient (Wildman–Crippen LogP) is 5.58. The van der Waals surface area contributed by atoms with E-state index in [0.717, 1.165) is 24.9 Å². The maximum absolute atomic E-state index is 12.4. The number of aryl methyl sites for hydroxylation is 2. The maximum Gasteiger partial charge on any atom is 0.256 e. The van der Waals surface area contributed by atoms with E-state index in [-0.39, 0.29) is 5.91 Å². The van der Waals surface area contributed by atoms with Crippen LogP contribution in [0.25, 0.3) is 0 Å². The Labute approximate surface area is 145 Å². The minimum atomic E-state index is -0.162. The Morgan fingerprint density at radius 1 is 1.25 bits per heavy atom. The zero-order valence-corrected chi connectivity index (χ0v) is 15.4. The van der Waals surface area contributed by atoms with E-state index < -0.39 is 0 Å². The minimum absolute atomic E-state index is 0.162. The quantitative estimate of drug-likeness (QED) is 0.578. The highest BCUT2D eigenvalue weighted by atomic mass is 127. The van der Waals surface area contributed by atoms with Crippen molar-refractivity contribution >= 4 is 61.7 Å². The van der Waals surface area contributed by atoms with E-state index in [1.807, 2.05) is 32.0 Å². The summed E-state index contributed by atoms with van der Waals surface area (Å²) in [4.78, 5) is 12.4. The molecule has 0 atom stereocenters. The fraction of sp³-hybridized carbons (Fsp3) is 0.133. The van der Waals surface area contributed by atoms with Crippen molar-refractivity contribution in [3.05, 3.63) is 60.1 Å². The number of anilines is 1. The third-order valence-electron chi connectivity index (χ3n) is 2.84. The second-order valence-corrected chi connectivity index (χ2v) is 6.97. The van der Waals surface area contributed by atoms with Crippen molar-refractivity contribution in [3.8, 4) is 0 Å². The molecule has 2 aromatic carbocycles. The average molecular weight is 465 g/mol. The maximum atomic E-state index is 12.4. The number of nitrogens with one attached hydrogen (secondary N) is 1. The van der Waals surface area contributed by atoms with Crippen molar-refractivity contribution in [2.75, 3.05) is 5.32 Å². The first-order chi connectivity index (χ1) is 9.38. The molecule has 0 aromatic heterocycles. The van der Waals surface area contributed by atoms with Crippen LogP contribution in [-0.4, -0.2) is 5.91 Å². The van der Waals surface area contributed by atoms with Gasteiger partial charge in [0.05, 0.1) is 11.3 Å². The van der Waals surface area contributed by atoms with Crippen LogP contribution < -0.4 is 5.32 Å². The molecule has 0 aliphatic heterocycles. The van der Waals surface area contributed by atoms with Crippen LogP contribution in [0.4, 0.5) is 5.69 Å². The summed E-state index contributed by atoms with van der Waals surface area (Å²) in [7, 11) is 0. The molecule has 2 aromatic rings. The lowest BCUT2D eigenvalue weighted by Crippen LogP contribution is -2.14. The molecule has 0 fully saturated rings. The molecule has 5 heteroatoms. The Morgan fingerprint density at radius 2 is 1.95 bits per heavy atom. The molecule has 0 radical (unpaired) electrons. The van der Waals surface area contributed by atoms with Crippen molar-refractivity contribution < 1.29 is 4.79 Å². The number of carbonyl (C=O) groups is 1. The number of hydrogen-bond acceptors (Lipinski definition) is 1. The van der Waals surface area contributed by atoms with Crippen LogP contribution in [0.1, 0.15) is 21.5 Å². The van der Waals surface area contributed by atoms with Crippen molar-refractivity contribution in [1.29, 1.82) is 0 Å². The summed E-state index contributed by atoms with van der Waals surface area (Å²) in [5.74, 6) is -0.162. The van der Waals surface area contributed by atoms with Gasteiger partial charge in [0.25, 0.3) is 5.91 Å². The Hall–Kier alpha value is -0.590. The topological polar surface area (TPSA) is 29.1 Å². The van der Waals surface area contributed by atoms with Crippen molar-refractivity contribution in [3.63, 3.8) is 0 Å². The summed E-state index contributed by atoms with van der Waals surface area (Å²) < 4.78 is 1.74. The molecule has 1 amide bonds.